The molecule has 1 aromatic heterocycles. The van der Waals surface area contributed by atoms with Gasteiger partial charge in [-0.05, 0) is 13.3 Å². The molecule has 0 aromatic carbocycles. The third-order valence-corrected chi connectivity index (χ3v) is 3.36. The van der Waals surface area contributed by atoms with Crippen molar-refractivity contribution in [2.45, 2.75) is 33.1 Å². The minimum atomic E-state index is -0.246. The van der Waals surface area contributed by atoms with Crippen molar-refractivity contribution in [3.8, 4) is 0 Å². The number of likely N-dealkylation sites (N-methyl/N-ethyl adjacent to an activating group) is 1. The molecule has 2 N–H and O–H groups in total. The van der Waals surface area contributed by atoms with E-state index in [4.69, 9.17) is 5.11 Å². The Kier molecular flexibility index (Phi) is 6.59. The Labute approximate surface area is 111 Å². The molecule has 1 rings (SSSR count). The van der Waals surface area contributed by atoms with Gasteiger partial charge in [-0.2, -0.15) is 0 Å². The maximum atomic E-state index is 11.8. The molecule has 2 amide bonds. The van der Waals surface area contributed by atoms with Gasteiger partial charge in [-0.25, -0.2) is 4.79 Å². The zero-order valence-corrected chi connectivity index (χ0v) is 11.7. The standard InChI is InChI=1S/C11H20N4O2S/c1-3-5-6-9-13-14-10(18-9)12-11(17)15(4-2)7-8-16/h16H,3-8H2,1-2H3,(H,12,14,17). The predicted molar refractivity (Wildman–Crippen MR) is 71.9 cm³/mol. The fourth-order valence-electron chi connectivity index (χ4n) is 1.43. The molecule has 0 saturated carbocycles. The normalized spacial score (nSPS) is 10.4. The van der Waals surface area contributed by atoms with Crippen LogP contribution in [0, 0.1) is 0 Å². The summed E-state index contributed by atoms with van der Waals surface area (Å²) in [5.74, 6) is 0. The molecule has 0 spiro atoms. The lowest BCUT2D eigenvalue weighted by atomic mass is 10.3. The number of aryl methyl sites for hydroxylation is 1. The monoisotopic (exact) mass is 272 g/mol. The number of amides is 2. The predicted octanol–water partition coefficient (Wildman–Crippen LogP) is 1.73. The summed E-state index contributed by atoms with van der Waals surface area (Å²) in [5.41, 5.74) is 0. The highest BCUT2D eigenvalue weighted by Crippen LogP contribution is 2.17. The number of carbonyl (C=O) groups excluding carboxylic acids is 1. The van der Waals surface area contributed by atoms with Crippen LogP contribution in [0.5, 0.6) is 0 Å². The van der Waals surface area contributed by atoms with Crippen LogP contribution in [-0.2, 0) is 6.42 Å². The van der Waals surface area contributed by atoms with E-state index in [-0.39, 0.29) is 12.6 Å². The Morgan fingerprint density at radius 3 is 2.83 bits per heavy atom. The van der Waals surface area contributed by atoms with E-state index < -0.39 is 0 Å². The van der Waals surface area contributed by atoms with E-state index in [1.807, 2.05) is 6.92 Å². The highest BCUT2D eigenvalue weighted by Gasteiger charge is 2.13. The first kappa shape index (κ1) is 14.8. The zero-order chi connectivity index (χ0) is 13.4. The Hall–Kier alpha value is -1.21. The molecule has 0 unspecified atom stereocenters. The number of unbranched alkanes of at least 4 members (excludes halogenated alkanes) is 1. The molecule has 1 aromatic rings. The van der Waals surface area contributed by atoms with Gasteiger partial charge in [0, 0.05) is 19.5 Å². The lowest BCUT2D eigenvalue weighted by Crippen LogP contribution is -2.36. The zero-order valence-electron chi connectivity index (χ0n) is 10.8. The highest BCUT2D eigenvalue weighted by molar-refractivity contribution is 7.15. The first-order valence-corrected chi connectivity index (χ1v) is 7.02. The first-order chi connectivity index (χ1) is 8.71. The van der Waals surface area contributed by atoms with Crippen molar-refractivity contribution in [3.63, 3.8) is 0 Å². The van der Waals surface area contributed by atoms with Crippen LogP contribution in [0.3, 0.4) is 0 Å². The lowest BCUT2D eigenvalue weighted by Gasteiger charge is -2.18. The van der Waals surface area contributed by atoms with Crippen molar-refractivity contribution >= 4 is 22.5 Å². The molecule has 0 aliphatic carbocycles. The van der Waals surface area contributed by atoms with Crippen molar-refractivity contribution < 1.29 is 9.90 Å². The van der Waals surface area contributed by atoms with Crippen LogP contribution < -0.4 is 5.32 Å². The van der Waals surface area contributed by atoms with E-state index in [1.165, 1.54) is 16.2 Å². The third kappa shape index (κ3) is 4.58. The summed E-state index contributed by atoms with van der Waals surface area (Å²) < 4.78 is 0. The number of aromatic nitrogens is 2. The second-order valence-electron chi connectivity index (χ2n) is 3.84. The Morgan fingerprint density at radius 1 is 1.44 bits per heavy atom. The number of nitrogens with zero attached hydrogens (tertiary/aromatic N) is 3. The second kappa shape index (κ2) is 7.99. The van der Waals surface area contributed by atoms with Crippen molar-refractivity contribution in [3.05, 3.63) is 5.01 Å². The Balaban J connectivity index is 2.50. The van der Waals surface area contributed by atoms with Crippen molar-refractivity contribution in [2.75, 3.05) is 25.0 Å². The number of anilines is 1. The van der Waals surface area contributed by atoms with E-state index in [9.17, 15) is 4.79 Å². The van der Waals surface area contributed by atoms with Crippen molar-refractivity contribution in [2.24, 2.45) is 0 Å². The van der Waals surface area contributed by atoms with Crippen LogP contribution in [0.15, 0.2) is 0 Å². The first-order valence-electron chi connectivity index (χ1n) is 6.20. The fourth-order valence-corrected chi connectivity index (χ4v) is 2.20. The number of hydrogen-bond donors (Lipinski definition) is 2. The van der Waals surface area contributed by atoms with E-state index in [2.05, 4.69) is 22.4 Å². The van der Waals surface area contributed by atoms with Gasteiger partial charge in [-0.3, -0.25) is 5.32 Å². The Bertz CT molecular complexity index is 370. The van der Waals surface area contributed by atoms with Crippen LogP contribution in [0.2, 0.25) is 0 Å². The minimum Gasteiger partial charge on any atom is -0.395 e. The van der Waals surface area contributed by atoms with Crippen molar-refractivity contribution in [1.82, 2.24) is 15.1 Å². The third-order valence-electron chi connectivity index (χ3n) is 2.46. The van der Waals surface area contributed by atoms with E-state index in [1.54, 1.807) is 0 Å². The van der Waals surface area contributed by atoms with Crippen LogP contribution >= 0.6 is 11.3 Å². The number of nitrogens with one attached hydrogen (secondary N) is 1. The lowest BCUT2D eigenvalue weighted by molar-refractivity contribution is 0.192. The fraction of sp³-hybridized carbons (Fsp3) is 0.727. The number of aliphatic hydroxyl groups is 1. The largest absolute Gasteiger partial charge is 0.395 e. The molecular formula is C11H20N4O2S. The van der Waals surface area contributed by atoms with Crippen LogP contribution in [-0.4, -0.2) is 45.9 Å². The molecule has 0 fully saturated rings. The summed E-state index contributed by atoms with van der Waals surface area (Å²) in [6, 6.07) is -0.246. The second-order valence-corrected chi connectivity index (χ2v) is 4.90. The van der Waals surface area contributed by atoms with Gasteiger partial charge in [0.2, 0.25) is 5.13 Å². The minimum absolute atomic E-state index is 0.0425. The van der Waals surface area contributed by atoms with Crippen LogP contribution in [0.4, 0.5) is 9.93 Å². The summed E-state index contributed by atoms with van der Waals surface area (Å²) in [5, 5.41) is 20.9. The van der Waals surface area contributed by atoms with Crippen LogP contribution in [0.1, 0.15) is 31.7 Å². The topological polar surface area (TPSA) is 78.4 Å². The molecule has 0 aliphatic heterocycles. The molecule has 0 atom stereocenters. The van der Waals surface area contributed by atoms with Gasteiger partial charge >= 0.3 is 6.03 Å². The molecular weight excluding hydrogens is 252 g/mol. The molecule has 0 saturated heterocycles. The van der Waals surface area contributed by atoms with Gasteiger partial charge in [-0.1, -0.05) is 24.7 Å². The summed E-state index contributed by atoms with van der Waals surface area (Å²) >= 11 is 1.40. The number of aliphatic hydroxyl groups excluding tert-OH is 1. The van der Waals surface area contributed by atoms with Gasteiger partial charge in [0.25, 0.3) is 0 Å². The van der Waals surface area contributed by atoms with E-state index in [0.717, 1.165) is 24.3 Å². The van der Waals surface area contributed by atoms with E-state index in [0.29, 0.717) is 18.2 Å². The van der Waals surface area contributed by atoms with Gasteiger partial charge in [0.15, 0.2) is 0 Å². The average molecular weight is 272 g/mol. The number of carbonyl (C=O) groups is 1. The molecule has 0 radical (unpaired) electrons. The van der Waals surface area contributed by atoms with Gasteiger partial charge in [-0.15, -0.1) is 10.2 Å². The maximum absolute atomic E-state index is 11.8. The summed E-state index contributed by atoms with van der Waals surface area (Å²) in [4.78, 5) is 13.3. The van der Waals surface area contributed by atoms with Gasteiger partial charge in [0.05, 0.1) is 6.61 Å². The molecule has 1 heterocycles. The SMILES string of the molecule is CCCCc1nnc(NC(=O)N(CC)CCO)s1. The quantitative estimate of drug-likeness (QED) is 0.792. The number of urea groups is 1. The number of hydrogen-bond acceptors (Lipinski definition) is 5. The molecule has 7 heteroatoms. The molecule has 6 nitrogen and oxygen atoms in total. The van der Waals surface area contributed by atoms with Gasteiger partial charge in [0.1, 0.15) is 5.01 Å². The Morgan fingerprint density at radius 2 is 2.22 bits per heavy atom. The maximum Gasteiger partial charge on any atom is 0.323 e. The van der Waals surface area contributed by atoms with Crippen LogP contribution in [0.25, 0.3) is 0 Å². The molecule has 0 bridgehead atoms. The molecule has 0 aliphatic rings. The molecule has 102 valence electrons. The average Bonchev–Trinajstić information content (AvgIpc) is 2.80. The van der Waals surface area contributed by atoms with Gasteiger partial charge < -0.3 is 10.0 Å². The summed E-state index contributed by atoms with van der Waals surface area (Å²) in [6.07, 6.45) is 3.09. The number of rotatable bonds is 7. The summed E-state index contributed by atoms with van der Waals surface area (Å²) in [6.45, 7) is 4.82. The van der Waals surface area contributed by atoms with Crippen molar-refractivity contribution in [1.29, 1.82) is 0 Å². The van der Waals surface area contributed by atoms with E-state index >= 15 is 0 Å². The summed E-state index contributed by atoms with van der Waals surface area (Å²) in [7, 11) is 0. The smallest absolute Gasteiger partial charge is 0.323 e. The highest BCUT2D eigenvalue weighted by atomic mass is 32.1. The molecule has 18 heavy (non-hydrogen) atoms.